The van der Waals surface area contributed by atoms with Crippen molar-refractivity contribution in [1.29, 1.82) is 0 Å². The van der Waals surface area contributed by atoms with Gasteiger partial charge in [0, 0.05) is 44.2 Å². The standard InChI is InChI=1S/C29H34N4O5S/c1-37-26-24(20-38-29(26)13-7-14-29)31-27-25(19-22-11-5-6-12-23(22)30-27)39(35,36)33-16-8-15-32(17-18-33)28(34)21-9-3-2-4-10-21/h2-6,9-12,19,24,26H,7-8,13-18,20H2,1H3,(H,30,31)/t24-,26+/m0/s1. The summed E-state index contributed by atoms with van der Waals surface area (Å²) in [5.74, 6) is 0.225. The van der Waals surface area contributed by atoms with Gasteiger partial charge in [-0.2, -0.15) is 4.31 Å². The molecule has 0 bridgehead atoms. The van der Waals surface area contributed by atoms with E-state index < -0.39 is 10.0 Å². The van der Waals surface area contributed by atoms with Crippen LogP contribution in [0.15, 0.2) is 65.6 Å². The number of methoxy groups -OCH3 is 1. The summed E-state index contributed by atoms with van der Waals surface area (Å²) in [6.07, 6.45) is 3.33. The van der Waals surface area contributed by atoms with Gasteiger partial charge in [-0.25, -0.2) is 13.4 Å². The van der Waals surface area contributed by atoms with Crippen molar-refractivity contribution in [2.75, 3.05) is 45.2 Å². The van der Waals surface area contributed by atoms with Crippen LogP contribution >= 0.6 is 0 Å². The van der Waals surface area contributed by atoms with Crippen LogP contribution in [0.2, 0.25) is 0 Å². The highest BCUT2D eigenvalue weighted by atomic mass is 32.2. The first-order valence-electron chi connectivity index (χ1n) is 13.6. The lowest BCUT2D eigenvalue weighted by Gasteiger charge is -2.42. The predicted octanol–water partition coefficient (Wildman–Crippen LogP) is 3.52. The van der Waals surface area contributed by atoms with Crippen LogP contribution in [0.5, 0.6) is 0 Å². The molecule has 39 heavy (non-hydrogen) atoms. The van der Waals surface area contributed by atoms with Crippen LogP contribution in [0.3, 0.4) is 0 Å². The summed E-state index contributed by atoms with van der Waals surface area (Å²) in [6, 6.07) is 18.1. The Balaban J connectivity index is 1.29. The number of carbonyl (C=O) groups excluding carboxylic acids is 1. The molecule has 9 nitrogen and oxygen atoms in total. The number of amides is 1. The van der Waals surface area contributed by atoms with Gasteiger partial charge in [0.05, 0.1) is 23.8 Å². The number of hydrogen-bond acceptors (Lipinski definition) is 7. The van der Waals surface area contributed by atoms with E-state index in [0.717, 1.165) is 24.6 Å². The van der Waals surface area contributed by atoms with Crippen LogP contribution in [0.25, 0.3) is 10.9 Å². The van der Waals surface area contributed by atoms with Crippen molar-refractivity contribution < 1.29 is 22.7 Å². The van der Waals surface area contributed by atoms with E-state index in [9.17, 15) is 13.2 Å². The molecule has 1 spiro atoms. The van der Waals surface area contributed by atoms with Gasteiger partial charge < -0.3 is 19.7 Å². The second-order valence-corrected chi connectivity index (χ2v) is 12.5. The molecule has 0 unspecified atom stereocenters. The number of ether oxygens (including phenoxy) is 2. The number of para-hydroxylation sites is 1. The smallest absolute Gasteiger partial charge is 0.253 e. The number of pyridine rings is 1. The average Bonchev–Trinajstić information content (AvgIpc) is 3.13. The van der Waals surface area contributed by atoms with E-state index in [1.54, 1.807) is 30.2 Å². The molecule has 2 aromatic carbocycles. The van der Waals surface area contributed by atoms with E-state index in [1.807, 2.05) is 42.5 Å². The molecule has 1 amide bonds. The van der Waals surface area contributed by atoms with Crippen LogP contribution in [-0.2, 0) is 19.5 Å². The molecule has 6 rings (SSSR count). The molecule has 2 atom stereocenters. The fourth-order valence-electron chi connectivity index (χ4n) is 6.05. The number of fused-ring (bicyclic) bond motifs is 1. The first-order valence-corrected chi connectivity index (χ1v) is 15.0. The number of hydrogen-bond donors (Lipinski definition) is 1. The van der Waals surface area contributed by atoms with Crippen molar-refractivity contribution in [2.45, 2.75) is 48.3 Å². The Morgan fingerprint density at radius 3 is 2.54 bits per heavy atom. The van der Waals surface area contributed by atoms with Crippen molar-refractivity contribution in [3.05, 3.63) is 66.2 Å². The van der Waals surface area contributed by atoms with Gasteiger partial charge in [0.15, 0.2) is 0 Å². The zero-order chi connectivity index (χ0) is 27.0. The first kappa shape index (κ1) is 26.2. The molecule has 3 aliphatic rings. The summed E-state index contributed by atoms with van der Waals surface area (Å²) in [7, 11) is -2.24. The van der Waals surface area contributed by atoms with Crippen molar-refractivity contribution >= 4 is 32.7 Å². The summed E-state index contributed by atoms with van der Waals surface area (Å²) >= 11 is 0. The molecule has 10 heteroatoms. The van der Waals surface area contributed by atoms with E-state index in [-0.39, 0.29) is 35.1 Å². The minimum atomic E-state index is -3.92. The van der Waals surface area contributed by atoms with E-state index in [1.165, 1.54) is 4.31 Å². The first-order chi connectivity index (χ1) is 18.9. The van der Waals surface area contributed by atoms with Crippen molar-refractivity contribution in [1.82, 2.24) is 14.2 Å². The molecule has 3 heterocycles. The van der Waals surface area contributed by atoms with Crippen molar-refractivity contribution in [2.24, 2.45) is 0 Å². The van der Waals surface area contributed by atoms with Gasteiger partial charge in [-0.05, 0) is 49.9 Å². The Labute approximate surface area is 229 Å². The summed E-state index contributed by atoms with van der Waals surface area (Å²) in [6.45, 7) is 1.78. The molecular weight excluding hydrogens is 516 g/mol. The average molecular weight is 551 g/mol. The second-order valence-electron chi connectivity index (χ2n) is 10.6. The normalized spacial score (nSPS) is 23.5. The Kier molecular flexibility index (Phi) is 7.05. The maximum Gasteiger partial charge on any atom is 0.253 e. The van der Waals surface area contributed by atoms with Crippen LogP contribution in [0, 0.1) is 0 Å². The van der Waals surface area contributed by atoms with E-state index in [2.05, 4.69) is 5.32 Å². The highest BCUT2D eigenvalue weighted by molar-refractivity contribution is 7.89. The molecule has 2 saturated heterocycles. The summed E-state index contributed by atoms with van der Waals surface area (Å²) in [5.41, 5.74) is 1.01. The van der Waals surface area contributed by atoms with Gasteiger partial charge in [-0.1, -0.05) is 36.4 Å². The van der Waals surface area contributed by atoms with Gasteiger partial charge in [0.2, 0.25) is 10.0 Å². The Bertz CT molecular complexity index is 1460. The van der Waals surface area contributed by atoms with E-state index in [4.69, 9.17) is 14.5 Å². The van der Waals surface area contributed by atoms with Crippen LogP contribution in [0.1, 0.15) is 36.0 Å². The lowest BCUT2D eigenvalue weighted by Crippen LogP contribution is -2.51. The van der Waals surface area contributed by atoms with Gasteiger partial charge in [-0.3, -0.25) is 4.79 Å². The fourth-order valence-corrected chi connectivity index (χ4v) is 7.65. The number of nitrogens with zero attached hydrogens (tertiary/aromatic N) is 3. The van der Waals surface area contributed by atoms with Gasteiger partial charge in [0.1, 0.15) is 16.8 Å². The minimum Gasteiger partial charge on any atom is -0.376 e. The van der Waals surface area contributed by atoms with Crippen molar-refractivity contribution in [3.63, 3.8) is 0 Å². The molecule has 0 radical (unpaired) electrons. The fraction of sp³-hybridized carbons (Fsp3) is 0.448. The number of aromatic nitrogens is 1. The maximum absolute atomic E-state index is 14.2. The number of rotatable bonds is 6. The summed E-state index contributed by atoms with van der Waals surface area (Å²) in [4.78, 5) is 19.7. The number of benzene rings is 2. The number of anilines is 1. The highest BCUT2D eigenvalue weighted by Gasteiger charge is 2.54. The third-order valence-corrected chi connectivity index (χ3v) is 10.2. The molecule has 206 valence electrons. The molecule has 1 N–H and O–H groups in total. The summed E-state index contributed by atoms with van der Waals surface area (Å²) < 4.78 is 41.8. The Morgan fingerprint density at radius 2 is 1.79 bits per heavy atom. The van der Waals surface area contributed by atoms with Crippen LogP contribution < -0.4 is 5.32 Å². The molecule has 1 saturated carbocycles. The topological polar surface area (TPSA) is 101 Å². The van der Waals surface area contributed by atoms with E-state index >= 15 is 0 Å². The second kappa shape index (κ2) is 10.5. The summed E-state index contributed by atoms with van der Waals surface area (Å²) in [5, 5.41) is 4.15. The Hall–Kier alpha value is -3.05. The minimum absolute atomic E-state index is 0.0821. The number of nitrogens with one attached hydrogen (secondary N) is 1. The Morgan fingerprint density at radius 1 is 1.03 bits per heavy atom. The monoisotopic (exact) mass is 550 g/mol. The molecule has 3 fully saturated rings. The van der Waals surface area contributed by atoms with Gasteiger partial charge in [-0.15, -0.1) is 0 Å². The number of carbonyl (C=O) groups is 1. The SMILES string of the molecule is CO[C@@H]1[C@@H](Nc2nc3ccccc3cc2S(=O)(=O)N2CCCN(C(=O)c3ccccc3)CC2)COC12CCC2. The quantitative estimate of drug-likeness (QED) is 0.501. The van der Waals surface area contributed by atoms with Gasteiger partial charge >= 0.3 is 0 Å². The molecule has 1 aromatic heterocycles. The zero-order valence-corrected chi connectivity index (χ0v) is 22.9. The molecule has 1 aliphatic carbocycles. The highest BCUT2D eigenvalue weighted by Crippen LogP contribution is 2.45. The molecule has 2 aliphatic heterocycles. The van der Waals surface area contributed by atoms with Crippen LogP contribution in [-0.4, -0.2) is 86.2 Å². The maximum atomic E-state index is 14.2. The lowest BCUT2D eigenvalue weighted by atomic mass is 9.75. The van der Waals surface area contributed by atoms with E-state index in [0.29, 0.717) is 49.6 Å². The third kappa shape index (κ3) is 4.80. The third-order valence-electron chi connectivity index (χ3n) is 8.28. The van der Waals surface area contributed by atoms with Crippen molar-refractivity contribution in [3.8, 4) is 0 Å². The van der Waals surface area contributed by atoms with Gasteiger partial charge in [0.25, 0.3) is 5.91 Å². The molecule has 3 aromatic rings. The zero-order valence-electron chi connectivity index (χ0n) is 22.1. The van der Waals surface area contributed by atoms with Crippen LogP contribution in [0.4, 0.5) is 5.82 Å². The molecular formula is C29H34N4O5S. The largest absolute Gasteiger partial charge is 0.376 e. The number of sulfonamides is 1. The predicted molar refractivity (Wildman–Crippen MR) is 148 cm³/mol. The lowest BCUT2D eigenvalue weighted by molar-refractivity contribution is -0.121.